The van der Waals surface area contributed by atoms with E-state index in [2.05, 4.69) is 22.5 Å². The summed E-state index contributed by atoms with van der Waals surface area (Å²) in [7, 11) is 1.70. The lowest BCUT2D eigenvalue weighted by Crippen LogP contribution is -2.36. The van der Waals surface area contributed by atoms with Crippen LogP contribution < -0.4 is 4.90 Å². The first-order valence-electron chi connectivity index (χ1n) is 8.65. The van der Waals surface area contributed by atoms with Crippen molar-refractivity contribution in [1.82, 2.24) is 9.55 Å². The molecule has 6 heteroatoms. The number of hydrogen-bond acceptors (Lipinski definition) is 4. The van der Waals surface area contributed by atoms with Gasteiger partial charge in [-0.25, -0.2) is 4.98 Å². The highest BCUT2D eigenvalue weighted by Crippen LogP contribution is 2.28. The molecule has 0 saturated heterocycles. The molecule has 1 amide bonds. The average Bonchev–Trinajstić information content (AvgIpc) is 2.91. The molecule has 3 rings (SSSR count). The number of carbonyl (C=O) groups excluding carboxylic acids is 1. The number of nitrogens with zero attached hydrogens (tertiary/aromatic N) is 3. The molecule has 25 heavy (non-hydrogen) atoms. The van der Waals surface area contributed by atoms with Gasteiger partial charge in [0, 0.05) is 31.6 Å². The number of aryl methyl sites for hydroxylation is 2. The lowest BCUT2D eigenvalue weighted by Gasteiger charge is -2.29. The molecule has 0 atom stereocenters. The molecule has 1 aliphatic heterocycles. The second-order valence-corrected chi connectivity index (χ2v) is 7.22. The van der Waals surface area contributed by atoms with E-state index in [9.17, 15) is 4.79 Å². The van der Waals surface area contributed by atoms with Crippen LogP contribution in [0.25, 0.3) is 0 Å². The summed E-state index contributed by atoms with van der Waals surface area (Å²) in [6.45, 7) is 6.26. The van der Waals surface area contributed by atoms with Crippen LogP contribution in [0.15, 0.2) is 29.4 Å². The van der Waals surface area contributed by atoms with Crippen molar-refractivity contribution in [2.75, 3.05) is 30.9 Å². The first-order chi connectivity index (χ1) is 12.1. The molecule has 0 unspecified atom stereocenters. The van der Waals surface area contributed by atoms with Gasteiger partial charge in [0.2, 0.25) is 5.91 Å². The fourth-order valence-electron chi connectivity index (χ4n) is 3.18. The zero-order valence-electron chi connectivity index (χ0n) is 15.1. The molecule has 1 aromatic heterocycles. The van der Waals surface area contributed by atoms with Gasteiger partial charge in [0.05, 0.1) is 18.1 Å². The van der Waals surface area contributed by atoms with E-state index in [0.29, 0.717) is 12.4 Å². The number of ether oxygens (including phenoxy) is 1. The van der Waals surface area contributed by atoms with E-state index in [4.69, 9.17) is 4.74 Å². The Labute approximate surface area is 153 Å². The maximum absolute atomic E-state index is 12.8. The van der Waals surface area contributed by atoms with Crippen molar-refractivity contribution in [2.45, 2.75) is 38.4 Å². The molecule has 1 aliphatic rings. The lowest BCUT2D eigenvalue weighted by atomic mass is 10.0. The zero-order valence-corrected chi connectivity index (χ0v) is 15.9. The molecule has 134 valence electrons. The third-order valence-electron chi connectivity index (χ3n) is 4.68. The van der Waals surface area contributed by atoms with E-state index in [-0.39, 0.29) is 5.91 Å². The largest absolute Gasteiger partial charge is 0.383 e. The maximum Gasteiger partial charge on any atom is 0.237 e. The van der Waals surface area contributed by atoms with Crippen LogP contribution in [0.4, 0.5) is 5.69 Å². The Hall–Kier alpha value is -1.79. The average molecular weight is 359 g/mol. The molecular formula is C19H25N3O2S. The molecule has 5 nitrogen and oxygen atoms in total. The monoisotopic (exact) mass is 359 g/mol. The molecule has 0 saturated carbocycles. The van der Waals surface area contributed by atoms with Gasteiger partial charge in [-0.3, -0.25) is 4.79 Å². The van der Waals surface area contributed by atoms with Gasteiger partial charge in [0.15, 0.2) is 5.16 Å². The topological polar surface area (TPSA) is 47.4 Å². The summed E-state index contributed by atoms with van der Waals surface area (Å²) >= 11 is 1.51. The molecule has 0 fully saturated rings. The molecule has 1 aromatic carbocycles. The number of methoxy groups -OCH3 is 1. The summed E-state index contributed by atoms with van der Waals surface area (Å²) < 4.78 is 7.33. The maximum atomic E-state index is 12.8. The van der Waals surface area contributed by atoms with Crippen molar-refractivity contribution in [3.8, 4) is 0 Å². The van der Waals surface area contributed by atoms with Crippen molar-refractivity contribution in [3.63, 3.8) is 0 Å². The molecule has 2 aromatic rings. The summed E-state index contributed by atoms with van der Waals surface area (Å²) in [6.07, 6.45) is 2.07. The van der Waals surface area contributed by atoms with Crippen LogP contribution in [0.3, 0.4) is 0 Å². The second kappa shape index (κ2) is 8.06. The van der Waals surface area contributed by atoms with Gasteiger partial charge in [-0.15, -0.1) is 0 Å². The number of aromatic nitrogens is 2. The number of fused-ring (bicyclic) bond motifs is 1. The quantitative estimate of drug-likeness (QED) is 0.743. The van der Waals surface area contributed by atoms with Crippen LogP contribution in [0.1, 0.15) is 23.4 Å². The standard InChI is InChI=1S/C19H25N3O2S/c1-14-15(2)21(11-12-24-3)19(20-14)25-13-18(23)22-10-6-8-16-7-4-5-9-17(16)22/h4-5,7,9H,6,8,10-13H2,1-3H3. The summed E-state index contributed by atoms with van der Waals surface area (Å²) in [5, 5.41) is 0.894. The summed E-state index contributed by atoms with van der Waals surface area (Å²) in [5.74, 6) is 0.547. The van der Waals surface area contributed by atoms with Crippen LogP contribution in [0, 0.1) is 13.8 Å². The Kier molecular flexibility index (Phi) is 5.81. The second-order valence-electron chi connectivity index (χ2n) is 6.28. The van der Waals surface area contributed by atoms with Crippen molar-refractivity contribution < 1.29 is 9.53 Å². The van der Waals surface area contributed by atoms with Crippen LogP contribution in [-0.4, -0.2) is 41.5 Å². The number of imidazole rings is 1. The third-order valence-corrected chi connectivity index (χ3v) is 5.64. The van der Waals surface area contributed by atoms with Crippen molar-refractivity contribution in [3.05, 3.63) is 41.2 Å². The van der Waals surface area contributed by atoms with Crippen molar-refractivity contribution >= 4 is 23.4 Å². The van der Waals surface area contributed by atoms with E-state index in [1.807, 2.05) is 30.0 Å². The van der Waals surface area contributed by atoms with E-state index in [1.165, 1.54) is 17.3 Å². The van der Waals surface area contributed by atoms with E-state index >= 15 is 0 Å². The normalized spacial score (nSPS) is 13.8. The van der Waals surface area contributed by atoms with Crippen LogP contribution in [-0.2, 0) is 22.5 Å². The van der Waals surface area contributed by atoms with Gasteiger partial charge < -0.3 is 14.2 Å². The number of anilines is 1. The Morgan fingerprint density at radius 2 is 2.12 bits per heavy atom. The smallest absolute Gasteiger partial charge is 0.237 e. The molecule has 0 bridgehead atoms. The molecule has 0 radical (unpaired) electrons. The number of thioether (sulfide) groups is 1. The SMILES string of the molecule is COCCn1c(SCC(=O)N2CCCc3ccccc32)nc(C)c1C. The molecule has 0 aliphatic carbocycles. The minimum atomic E-state index is 0.147. The van der Waals surface area contributed by atoms with Gasteiger partial charge in [0.1, 0.15) is 0 Å². The highest BCUT2D eigenvalue weighted by Gasteiger charge is 2.23. The first kappa shape index (κ1) is 18.0. The van der Waals surface area contributed by atoms with Gasteiger partial charge in [-0.05, 0) is 38.3 Å². The Balaban J connectivity index is 1.70. The van der Waals surface area contributed by atoms with Crippen LogP contribution in [0.2, 0.25) is 0 Å². The van der Waals surface area contributed by atoms with E-state index in [0.717, 1.165) is 48.2 Å². The number of amides is 1. The van der Waals surface area contributed by atoms with Gasteiger partial charge in [-0.2, -0.15) is 0 Å². The van der Waals surface area contributed by atoms with E-state index < -0.39 is 0 Å². The number of carbonyl (C=O) groups is 1. The third kappa shape index (κ3) is 3.90. The molecule has 2 heterocycles. The van der Waals surface area contributed by atoms with Gasteiger partial charge in [-0.1, -0.05) is 30.0 Å². The molecule has 0 N–H and O–H groups in total. The fourth-order valence-corrected chi connectivity index (χ4v) is 4.17. The minimum absolute atomic E-state index is 0.147. The molecular weight excluding hydrogens is 334 g/mol. The number of rotatable bonds is 6. The summed E-state index contributed by atoms with van der Waals surface area (Å²) in [5.41, 5.74) is 4.47. The number of para-hydroxylation sites is 1. The predicted molar refractivity (Wildman–Crippen MR) is 101 cm³/mol. The summed E-state index contributed by atoms with van der Waals surface area (Å²) in [4.78, 5) is 19.3. The highest BCUT2D eigenvalue weighted by molar-refractivity contribution is 7.99. The number of benzene rings is 1. The first-order valence-corrected chi connectivity index (χ1v) is 9.64. The van der Waals surface area contributed by atoms with Crippen molar-refractivity contribution in [2.24, 2.45) is 0 Å². The Bertz CT molecular complexity index is 757. The Morgan fingerprint density at radius 3 is 2.92 bits per heavy atom. The predicted octanol–water partition coefficient (Wildman–Crippen LogP) is 3.22. The van der Waals surface area contributed by atoms with E-state index in [1.54, 1.807) is 7.11 Å². The van der Waals surface area contributed by atoms with Crippen LogP contribution >= 0.6 is 11.8 Å². The molecule has 0 spiro atoms. The summed E-state index contributed by atoms with van der Waals surface area (Å²) in [6, 6.07) is 8.21. The zero-order chi connectivity index (χ0) is 17.8. The highest BCUT2D eigenvalue weighted by atomic mass is 32.2. The van der Waals surface area contributed by atoms with Gasteiger partial charge >= 0.3 is 0 Å². The van der Waals surface area contributed by atoms with Crippen LogP contribution in [0.5, 0.6) is 0 Å². The van der Waals surface area contributed by atoms with Crippen molar-refractivity contribution in [1.29, 1.82) is 0 Å². The number of hydrogen-bond donors (Lipinski definition) is 0. The minimum Gasteiger partial charge on any atom is -0.383 e. The lowest BCUT2D eigenvalue weighted by molar-refractivity contribution is -0.116. The fraction of sp³-hybridized carbons (Fsp3) is 0.474. The Morgan fingerprint density at radius 1 is 1.32 bits per heavy atom. The van der Waals surface area contributed by atoms with Gasteiger partial charge in [0.25, 0.3) is 0 Å².